The second kappa shape index (κ2) is 7.72. The lowest BCUT2D eigenvalue weighted by atomic mass is 9.90. The molecule has 2 saturated heterocycles. The predicted octanol–water partition coefficient (Wildman–Crippen LogP) is 4.40. The summed E-state index contributed by atoms with van der Waals surface area (Å²) in [5, 5.41) is 2.15. The zero-order valence-corrected chi connectivity index (χ0v) is 17.4. The Labute approximate surface area is 184 Å². The number of imide groups is 1. The molecule has 0 radical (unpaired) electrons. The van der Waals surface area contributed by atoms with Crippen molar-refractivity contribution in [2.45, 2.75) is 12.1 Å². The summed E-state index contributed by atoms with van der Waals surface area (Å²) in [6.07, 6.45) is -0.934. The predicted molar refractivity (Wildman–Crippen MR) is 117 cm³/mol. The molecule has 31 heavy (non-hydrogen) atoms. The summed E-state index contributed by atoms with van der Waals surface area (Å²) in [5.74, 6) is -0.794. The van der Waals surface area contributed by atoms with Crippen LogP contribution in [0.3, 0.4) is 0 Å². The Kier molecular flexibility index (Phi) is 4.88. The summed E-state index contributed by atoms with van der Waals surface area (Å²) in [6.45, 7) is 0. The highest BCUT2D eigenvalue weighted by Crippen LogP contribution is 2.48. The van der Waals surface area contributed by atoms with Crippen molar-refractivity contribution in [3.8, 4) is 5.75 Å². The number of amides is 2. The maximum atomic E-state index is 13.5. The standard InChI is InChI=1S/C24H19ClN2O4/c1-30-17-13-11-15(12-14-17)26-23(28)20-21(18-9-5-6-10-19(18)25)27(31-22(20)24(26)29)16-7-3-2-4-8-16/h2-14,20-22H,1H3/t20-,21-,22+/m0/s1. The van der Waals surface area contributed by atoms with Crippen LogP contribution in [0.2, 0.25) is 5.02 Å². The maximum Gasteiger partial charge on any atom is 0.266 e. The normalized spacial score (nSPS) is 22.7. The number of anilines is 2. The summed E-state index contributed by atoms with van der Waals surface area (Å²) in [4.78, 5) is 34.1. The first kappa shape index (κ1) is 19.6. The van der Waals surface area contributed by atoms with Gasteiger partial charge in [0, 0.05) is 5.02 Å². The van der Waals surface area contributed by atoms with Gasteiger partial charge in [-0.05, 0) is 48.0 Å². The fraction of sp³-hybridized carbons (Fsp3) is 0.167. The van der Waals surface area contributed by atoms with Crippen LogP contribution < -0.4 is 14.7 Å². The summed E-state index contributed by atoms with van der Waals surface area (Å²) < 4.78 is 5.18. The molecule has 5 rings (SSSR count). The third-order valence-corrected chi connectivity index (χ3v) is 6.02. The number of ether oxygens (including phenoxy) is 1. The van der Waals surface area contributed by atoms with E-state index in [4.69, 9.17) is 21.2 Å². The number of benzene rings is 3. The topological polar surface area (TPSA) is 59.1 Å². The molecule has 0 aliphatic carbocycles. The summed E-state index contributed by atoms with van der Waals surface area (Å²) in [5.41, 5.74) is 1.97. The van der Waals surface area contributed by atoms with E-state index in [2.05, 4.69) is 0 Å². The number of hydrogen-bond donors (Lipinski definition) is 0. The Hall–Kier alpha value is -3.35. The summed E-state index contributed by atoms with van der Waals surface area (Å²) in [6, 6.07) is 23.0. The van der Waals surface area contributed by atoms with E-state index in [0.717, 1.165) is 11.3 Å². The number of carbonyl (C=O) groups is 2. The number of carbonyl (C=O) groups excluding carboxylic acids is 2. The van der Waals surface area contributed by atoms with Gasteiger partial charge in [0.15, 0.2) is 6.10 Å². The fourth-order valence-electron chi connectivity index (χ4n) is 4.23. The third kappa shape index (κ3) is 3.15. The number of methoxy groups -OCH3 is 1. The molecule has 156 valence electrons. The van der Waals surface area contributed by atoms with Crippen LogP contribution in [0.1, 0.15) is 11.6 Å². The van der Waals surface area contributed by atoms with Crippen molar-refractivity contribution >= 4 is 34.8 Å². The molecule has 0 N–H and O–H groups in total. The quantitative estimate of drug-likeness (QED) is 0.570. The number of fused-ring (bicyclic) bond motifs is 1. The van der Waals surface area contributed by atoms with Crippen LogP contribution in [0.4, 0.5) is 11.4 Å². The number of para-hydroxylation sites is 1. The van der Waals surface area contributed by atoms with E-state index in [9.17, 15) is 9.59 Å². The minimum Gasteiger partial charge on any atom is -0.497 e. The van der Waals surface area contributed by atoms with Gasteiger partial charge in [0.05, 0.1) is 24.5 Å². The van der Waals surface area contributed by atoms with Crippen molar-refractivity contribution in [1.29, 1.82) is 0 Å². The highest BCUT2D eigenvalue weighted by atomic mass is 35.5. The highest BCUT2D eigenvalue weighted by molar-refractivity contribution is 6.31. The average Bonchev–Trinajstić information content (AvgIpc) is 3.31. The van der Waals surface area contributed by atoms with Gasteiger partial charge in [-0.25, -0.2) is 9.96 Å². The average molecular weight is 435 g/mol. The fourth-order valence-corrected chi connectivity index (χ4v) is 4.48. The van der Waals surface area contributed by atoms with Gasteiger partial charge in [-0.2, -0.15) is 0 Å². The first-order valence-electron chi connectivity index (χ1n) is 9.87. The van der Waals surface area contributed by atoms with Crippen LogP contribution in [-0.2, 0) is 14.4 Å². The number of hydrogen-bond acceptors (Lipinski definition) is 5. The molecule has 7 heteroatoms. The van der Waals surface area contributed by atoms with Gasteiger partial charge in [0.1, 0.15) is 11.7 Å². The van der Waals surface area contributed by atoms with Crippen LogP contribution in [-0.4, -0.2) is 25.0 Å². The lowest BCUT2D eigenvalue weighted by Gasteiger charge is -2.29. The molecule has 0 unspecified atom stereocenters. The molecule has 6 nitrogen and oxygen atoms in total. The molecule has 0 saturated carbocycles. The van der Waals surface area contributed by atoms with Gasteiger partial charge in [0.2, 0.25) is 5.91 Å². The van der Waals surface area contributed by atoms with Gasteiger partial charge in [0.25, 0.3) is 5.91 Å². The Balaban J connectivity index is 1.58. The summed E-state index contributed by atoms with van der Waals surface area (Å²) >= 11 is 6.51. The summed E-state index contributed by atoms with van der Waals surface area (Å²) in [7, 11) is 1.56. The van der Waals surface area contributed by atoms with E-state index in [-0.39, 0.29) is 5.91 Å². The van der Waals surface area contributed by atoms with Gasteiger partial charge in [-0.15, -0.1) is 0 Å². The lowest BCUT2D eigenvalue weighted by Crippen LogP contribution is -2.37. The van der Waals surface area contributed by atoms with Crippen LogP contribution in [0.5, 0.6) is 5.75 Å². The number of hydroxylamine groups is 1. The smallest absolute Gasteiger partial charge is 0.266 e. The van der Waals surface area contributed by atoms with E-state index >= 15 is 0 Å². The highest BCUT2D eigenvalue weighted by Gasteiger charge is 2.60. The van der Waals surface area contributed by atoms with Gasteiger partial charge >= 0.3 is 0 Å². The van der Waals surface area contributed by atoms with Crippen LogP contribution in [0, 0.1) is 5.92 Å². The first-order valence-corrected chi connectivity index (χ1v) is 10.3. The van der Waals surface area contributed by atoms with Gasteiger partial charge < -0.3 is 4.74 Å². The number of halogens is 1. The molecule has 2 aliphatic heterocycles. The van der Waals surface area contributed by atoms with E-state index in [0.29, 0.717) is 16.5 Å². The second-order valence-corrected chi connectivity index (χ2v) is 7.80. The van der Waals surface area contributed by atoms with E-state index in [1.165, 1.54) is 4.90 Å². The van der Waals surface area contributed by atoms with Crippen LogP contribution in [0.15, 0.2) is 78.9 Å². The Morgan fingerprint density at radius 1 is 0.839 bits per heavy atom. The van der Waals surface area contributed by atoms with Crippen molar-refractivity contribution < 1.29 is 19.2 Å². The molecule has 0 spiro atoms. The van der Waals surface area contributed by atoms with Crippen molar-refractivity contribution in [3.05, 3.63) is 89.4 Å². The van der Waals surface area contributed by atoms with Crippen molar-refractivity contribution in [2.24, 2.45) is 5.92 Å². The lowest BCUT2D eigenvalue weighted by molar-refractivity contribution is -0.126. The molecule has 2 aliphatic rings. The molecule has 3 aromatic rings. The van der Waals surface area contributed by atoms with Crippen molar-refractivity contribution in [2.75, 3.05) is 17.1 Å². The molecule has 2 amide bonds. The SMILES string of the molecule is COc1ccc(N2C(=O)[C@@H]3[C@@H](ON(c4ccccc4)[C@H]3c3ccccc3Cl)C2=O)cc1. The van der Waals surface area contributed by atoms with Gasteiger partial charge in [-0.3, -0.25) is 14.4 Å². The molecule has 2 heterocycles. The Morgan fingerprint density at radius 2 is 1.52 bits per heavy atom. The zero-order chi connectivity index (χ0) is 21.5. The minimum absolute atomic E-state index is 0.316. The van der Waals surface area contributed by atoms with E-state index in [1.54, 1.807) is 42.5 Å². The minimum atomic E-state index is -0.934. The van der Waals surface area contributed by atoms with Crippen molar-refractivity contribution in [1.82, 2.24) is 0 Å². The Morgan fingerprint density at radius 3 is 2.19 bits per heavy atom. The third-order valence-electron chi connectivity index (χ3n) is 5.68. The van der Waals surface area contributed by atoms with Gasteiger partial charge in [-0.1, -0.05) is 48.0 Å². The first-order chi connectivity index (χ1) is 15.1. The molecular formula is C24H19ClN2O4. The molecular weight excluding hydrogens is 416 g/mol. The largest absolute Gasteiger partial charge is 0.497 e. The molecule has 3 aromatic carbocycles. The Bertz CT molecular complexity index is 1140. The van der Waals surface area contributed by atoms with Crippen molar-refractivity contribution in [3.63, 3.8) is 0 Å². The molecule has 0 aromatic heterocycles. The molecule has 2 fully saturated rings. The monoisotopic (exact) mass is 434 g/mol. The molecule has 0 bridgehead atoms. The second-order valence-electron chi connectivity index (χ2n) is 7.39. The number of nitrogens with zero attached hydrogens (tertiary/aromatic N) is 2. The maximum absolute atomic E-state index is 13.5. The number of rotatable bonds is 4. The van der Waals surface area contributed by atoms with E-state index in [1.807, 2.05) is 48.5 Å². The zero-order valence-electron chi connectivity index (χ0n) is 16.6. The van der Waals surface area contributed by atoms with Crippen LogP contribution >= 0.6 is 11.6 Å². The van der Waals surface area contributed by atoms with Crippen LogP contribution in [0.25, 0.3) is 0 Å². The molecule has 3 atom stereocenters. The van der Waals surface area contributed by atoms with E-state index < -0.39 is 24.0 Å².